The van der Waals surface area contributed by atoms with E-state index in [1.54, 1.807) is 14.2 Å². The highest BCUT2D eigenvalue weighted by molar-refractivity contribution is 9.10. The van der Waals surface area contributed by atoms with Crippen molar-refractivity contribution >= 4 is 37.5 Å². The summed E-state index contributed by atoms with van der Waals surface area (Å²) in [4.78, 5) is 0. The Morgan fingerprint density at radius 1 is 0.950 bits per heavy atom. The normalized spacial score (nSPS) is 10.2. The van der Waals surface area contributed by atoms with Crippen molar-refractivity contribution in [3.8, 4) is 11.5 Å². The molecule has 0 fully saturated rings. The first-order chi connectivity index (χ1) is 9.63. The Morgan fingerprint density at radius 3 is 2.25 bits per heavy atom. The van der Waals surface area contributed by atoms with E-state index in [-0.39, 0.29) is 0 Å². The summed E-state index contributed by atoms with van der Waals surface area (Å²) in [5.74, 6) is 1.47. The lowest BCUT2D eigenvalue weighted by atomic mass is 10.1. The van der Waals surface area contributed by atoms with Crippen LogP contribution in [-0.4, -0.2) is 14.2 Å². The van der Waals surface area contributed by atoms with Crippen molar-refractivity contribution in [3.05, 3.63) is 50.9 Å². The van der Waals surface area contributed by atoms with Gasteiger partial charge in [0.05, 0.1) is 14.2 Å². The van der Waals surface area contributed by atoms with Gasteiger partial charge in [0.15, 0.2) is 11.5 Å². The molecule has 0 saturated heterocycles. The third-order valence-corrected chi connectivity index (χ3v) is 3.83. The molecule has 0 aliphatic carbocycles. The highest BCUT2D eigenvalue weighted by Crippen LogP contribution is 2.35. The average Bonchev–Trinajstić information content (AvgIpc) is 2.46. The molecule has 0 aromatic heterocycles. The lowest BCUT2D eigenvalue weighted by Gasteiger charge is -2.14. The molecule has 0 bridgehead atoms. The summed E-state index contributed by atoms with van der Waals surface area (Å²) in [6.45, 7) is 0.653. The number of halogens is 2. The molecule has 20 heavy (non-hydrogen) atoms. The van der Waals surface area contributed by atoms with Crippen LogP contribution in [0.15, 0.2) is 45.3 Å². The number of benzene rings is 2. The van der Waals surface area contributed by atoms with Crippen molar-refractivity contribution in [3.63, 3.8) is 0 Å². The number of hydrogen-bond donors (Lipinski definition) is 1. The Hall–Kier alpha value is -1.20. The van der Waals surface area contributed by atoms with Gasteiger partial charge in [0, 0.05) is 26.7 Å². The first-order valence-corrected chi connectivity index (χ1v) is 7.62. The number of rotatable bonds is 5. The maximum absolute atomic E-state index is 5.44. The van der Waals surface area contributed by atoms with Crippen molar-refractivity contribution in [2.24, 2.45) is 0 Å². The molecule has 5 heteroatoms. The van der Waals surface area contributed by atoms with E-state index in [0.29, 0.717) is 6.54 Å². The zero-order valence-corrected chi connectivity index (χ0v) is 14.4. The molecule has 2 aromatic rings. The lowest BCUT2D eigenvalue weighted by molar-refractivity contribution is 0.352. The third kappa shape index (κ3) is 3.67. The summed E-state index contributed by atoms with van der Waals surface area (Å²) in [6.07, 6.45) is 0. The monoisotopic (exact) mass is 399 g/mol. The van der Waals surface area contributed by atoms with Crippen LogP contribution in [0.2, 0.25) is 0 Å². The van der Waals surface area contributed by atoms with Gasteiger partial charge in [0.1, 0.15) is 0 Å². The molecule has 0 amide bonds. The van der Waals surface area contributed by atoms with Gasteiger partial charge in [-0.2, -0.15) is 0 Å². The maximum atomic E-state index is 5.44. The van der Waals surface area contributed by atoms with Crippen LogP contribution in [0.1, 0.15) is 5.56 Å². The van der Waals surface area contributed by atoms with Crippen LogP contribution in [0.3, 0.4) is 0 Å². The summed E-state index contributed by atoms with van der Waals surface area (Å²) in [6, 6.07) is 12.0. The Bertz CT molecular complexity index is 585. The quantitative estimate of drug-likeness (QED) is 0.778. The number of methoxy groups -OCH3 is 2. The summed E-state index contributed by atoms with van der Waals surface area (Å²) in [5, 5.41) is 3.36. The van der Waals surface area contributed by atoms with E-state index >= 15 is 0 Å². The standard InChI is InChI=1S/C15H15Br2NO2/c1-19-14-8-12(17)7-10(15(14)20-2)9-18-13-5-3-11(16)4-6-13/h3-8,18H,9H2,1-2H3. The average molecular weight is 401 g/mol. The predicted octanol–water partition coefficient (Wildman–Crippen LogP) is 4.84. The third-order valence-electron chi connectivity index (χ3n) is 2.85. The molecule has 0 unspecified atom stereocenters. The number of ether oxygens (including phenoxy) is 2. The maximum Gasteiger partial charge on any atom is 0.165 e. The Kier molecular flexibility index (Phi) is 5.31. The van der Waals surface area contributed by atoms with Gasteiger partial charge >= 0.3 is 0 Å². The predicted molar refractivity (Wildman–Crippen MR) is 88.7 cm³/mol. The topological polar surface area (TPSA) is 30.5 Å². The Balaban J connectivity index is 2.20. The molecule has 0 aliphatic heterocycles. The van der Waals surface area contributed by atoms with E-state index in [0.717, 1.165) is 31.7 Å². The van der Waals surface area contributed by atoms with Crippen LogP contribution in [0, 0.1) is 0 Å². The van der Waals surface area contributed by atoms with E-state index < -0.39 is 0 Å². The first kappa shape index (κ1) is 15.2. The van der Waals surface area contributed by atoms with E-state index in [9.17, 15) is 0 Å². The lowest BCUT2D eigenvalue weighted by Crippen LogP contribution is -2.03. The molecule has 0 radical (unpaired) electrons. The van der Waals surface area contributed by atoms with Crippen LogP contribution in [0.5, 0.6) is 11.5 Å². The van der Waals surface area contributed by atoms with Crippen LogP contribution < -0.4 is 14.8 Å². The molecule has 0 spiro atoms. The molecule has 0 heterocycles. The van der Waals surface area contributed by atoms with Gasteiger partial charge < -0.3 is 14.8 Å². The fraction of sp³-hybridized carbons (Fsp3) is 0.200. The smallest absolute Gasteiger partial charge is 0.165 e. The molecule has 0 aliphatic rings. The minimum atomic E-state index is 0.653. The van der Waals surface area contributed by atoms with Crippen LogP contribution in [0.4, 0.5) is 5.69 Å². The zero-order valence-electron chi connectivity index (χ0n) is 11.2. The van der Waals surface area contributed by atoms with Gasteiger partial charge in [0.2, 0.25) is 0 Å². The van der Waals surface area contributed by atoms with E-state index in [2.05, 4.69) is 37.2 Å². The van der Waals surface area contributed by atoms with E-state index in [4.69, 9.17) is 9.47 Å². The molecular weight excluding hydrogens is 386 g/mol. The minimum absolute atomic E-state index is 0.653. The van der Waals surface area contributed by atoms with Crippen LogP contribution >= 0.6 is 31.9 Å². The van der Waals surface area contributed by atoms with Crippen molar-refractivity contribution in [2.75, 3.05) is 19.5 Å². The largest absolute Gasteiger partial charge is 0.493 e. The van der Waals surface area contributed by atoms with Gasteiger partial charge in [-0.25, -0.2) is 0 Å². The van der Waals surface area contributed by atoms with Gasteiger partial charge in [0.25, 0.3) is 0 Å². The van der Waals surface area contributed by atoms with Gasteiger partial charge in [-0.3, -0.25) is 0 Å². The molecular formula is C15H15Br2NO2. The highest BCUT2D eigenvalue weighted by Gasteiger charge is 2.11. The van der Waals surface area contributed by atoms with E-state index in [1.807, 2.05) is 36.4 Å². The fourth-order valence-electron chi connectivity index (χ4n) is 1.90. The van der Waals surface area contributed by atoms with Gasteiger partial charge in [-0.15, -0.1) is 0 Å². The van der Waals surface area contributed by atoms with Gasteiger partial charge in [-0.1, -0.05) is 31.9 Å². The van der Waals surface area contributed by atoms with Crippen LogP contribution in [0.25, 0.3) is 0 Å². The molecule has 0 saturated carbocycles. The summed E-state index contributed by atoms with van der Waals surface area (Å²) in [7, 11) is 3.28. The molecule has 2 rings (SSSR count). The van der Waals surface area contributed by atoms with Crippen molar-refractivity contribution < 1.29 is 9.47 Å². The molecule has 0 atom stereocenters. The van der Waals surface area contributed by atoms with E-state index in [1.165, 1.54) is 0 Å². The van der Waals surface area contributed by atoms with Crippen molar-refractivity contribution in [2.45, 2.75) is 6.54 Å². The van der Waals surface area contributed by atoms with Gasteiger partial charge in [-0.05, 0) is 36.4 Å². The Morgan fingerprint density at radius 2 is 1.65 bits per heavy atom. The summed E-state index contributed by atoms with van der Waals surface area (Å²) < 4.78 is 12.8. The Labute approximate surface area is 135 Å². The molecule has 106 valence electrons. The van der Waals surface area contributed by atoms with Crippen molar-refractivity contribution in [1.82, 2.24) is 0 Å². The van der Waals surface area contributed by atoms with Crippen molar-refractivity contribution in [1.29, 1.82) is 0 Å². The molecule has 1 N–H and O–H groups in total. The first-order valence-electron chi connectivity index (χ1n) is 6.04. The number of anilines is 1. The minimum Gasteiger partial charge on any atom is -0.493 e. The zero-order chi connectivity index (χ0) is 14.5. The van der Waals surface area contributed by atoms with Crippen LogP contribution in [-0.2, 0) is 6.54 Å². The second kappa shape index (κ2) is 6.99. The second-order valence-electron chi connectivity index (χ2n) is 4.16. The number of nitrogens with one attached hydrogen (secondary N) is 1. The molecule has 3 nitrogen and oxygen atoms in total. The summed E-state index contributed by atoms with van der Waals surface area (Å²) >= 11 is 6.91. The molecule has 2 aromatic carbocycles. The second-order valence-corrected chi connectivity index (χ2v) is 5.99. The summed E-state index contributed by atoms with van der Waals surface area (Å²) in [5.41, 5.74) is 2.08. The SMILES string of the molecule is COc1cc(Br)cc(CNc2ccc(Br)cc2)c1OC. The number of hydrogen-bond acceptors (Lipinski definition) is 3. The highest BCUT2D eigenvalue weighted by atomic mass is 79.9. The fourth-order valence-corrected chi connectivity index (χ4v) is 2.65.